The van der Waals surface area contributed by atoms with Gasteiger partial charge in [0.2, 0.25) is 0 Å². The van der Waals surface area contributed by atoms with Gasteiger partial charge in [-0.3, -0.25) is 4.90 Å². The Labute approximate surface area is 80.1 Å². The van der Waals surface area contributed by atoms with Crippen molar-refractivity contribution in [3.05, 3.63) is 0 Å². The number of amides is 1. The van der Waals surface area contributed by atoms with Crippen LogP contribution in [0.4, 0.5) is 4.79 Å². The van der Waals surface area contributed by atoms with Gasteiger partial charge in [0.05, 0.1) is 0 Å². The van der Waals surface area contributed by atoms with Gasteiger partial charge < -0.3 is 15.0 Å². The third-order valence-corrected chi connectivity index (χ3v) is 2.54. The first kappa shape index (κ1) is 10.5. The first-order chi connectivity index (χ1) is 6.54. The molecule has 0 aromatic carbocycles. The zero-order valence-corrected chi connectivity index (χ0v) is 7.47. The molecule has 1 saturated heterocycles. The lowest BCUT2D eigenvalue weighted by molar-refractivity contribution is -0.150. The fourth-order valence-electron chi connectivity index (χ4n) is 1.82. The van der Waals surface area contributed by atoms with Gasteiger partial charge in [-0.05, 0) is 12.8 Å². The number of carboxylic acids is 1. The van der Waals surface area contributed by atoms with Crippen molar-refractivity contribution in [2.75, 3.05) is 6.54 Å². The van der Waals surface area contributed by atoms with Crippen LogP contribution >= 0.6 is 0 Å². The second-order valence-corrected chi connectivity index (χ2v) is 3.25. The molecule has 1 aliphatic heterocycles. The van der Waals surface area contributed by atoms with E-state index in [-0.39, 0.29) is 19.4 Å². The molecule has 0 radical (unpaired) electrons. The molecule has 1 rings (SSSR count). The lowest BCUT2D eigenvalue weighted by Gasteiger charge is -2.30. The highest BCUT2D eigenvalue weighted by Crippen LogP contribution is 2.32. The van der Waals surface area contributed by atoms with Crippen LogP contribution in [0.2, 0.25) is 0 Å². The number of nitrogens with zero attached hydrogens (tertiary/aromatic N) is 1. The molecule has 0 aromatic rings. The summed E-state index contributed by atoms with van der Waals surface area (Å²) in [4.78, 5) is 32.9. The van der Waals surface area contributed by atoms with Crippen molar-refractivity contribution in [1.82, 2.24) is 4.90 Å². The molecule has 0 spiro atoms. The van der Waals surface area contributed by atoms with Gasteiger partial charge in [-0.25, -0.2) is 9.59 Å². The van der Waals surface area contributed by atoms with Gasteiger partial charge in [-0.15, -0.1) is 0 Å². The van der Waals surface area contributed by atoms with Crippen molar-refractivity contribution in [2.45, 2.75) is 24.8 Å². The van der Waals surface area contributed by atoms with Crippen LogP contribution in [-0.4, -0.2) is 45.5 Å². The van der Waals surface area contributed by atoms with Gasteiger partial charge in [-0.1, -0.05) is 0 Å². The lowest BCUT2D eigenvalue weighted by atomic mass is 9.93. The second-order valence-electron chi connectivity index (χ2n) is 3.25. The predicted octanol–water partition coefficient (Wildman–Crippen LogP) is 0.173. The van der Waals surface area contributed by atoms with E-state index in [0.717, 1.165) is 4.90 Å². The Balaban J connectivity index is 3.00. The van der Waals surface area contributed by atoms with Crippen molar-refractivity contribution in [3.8, 4) is 0 Å². The minimum absolute atomic E-state index is 0.176. The van der Waals surface area contributed by atoms with Gasteiger partial charge in [0.25, 0.3) is 0 Å². The molecular formula is C8H11NO5. The van der Waals surface area contributed by atoms with Gasteiger partial charge in [0.1, 0.15) is 11.8 Å². The summed E-state index contributed by atoms with van der Waals surface area (Å²) in [7, 11) is 0. The number of carboxylic acid groups (broad SMARTS) is 2. The van der Waals surface area contributed by atoms with E-state index in [2.05, 4.69) is 0 Å². The molecule has 0 saturated carbocycles. The summed E-state index contributed by atoms with van der Waals surface area (Å²) in [5.41, 5.74) is -1.53. The van der Waals surface area contributed by atoms with Crippen LogP contribution < -0.4 is 0 Å². The standard InChI is InChI=1S/C8H11NO5/c10-5-3-8(6(11)12)2-1-4-9(8)7(13)14/h5H,1-4H2,(H,11,12)(H,13,14). The molecule has 6 heteroatoms. The summed E-state index contributed by atoms with van der Waals surface area (Å²) in [5, 5.41) is 17.7. The predicted molar refractivity (Wildman–Crippen MR) is 45.0 cm³/mol. The SMILES string of the molecule is O=CCC1(C(=O)O)CCCN1C(=O)O. The molecule has 1 fully saturated rings. The van der Waals surface area contributed by atoms with E-state index in [9.17, 15) is 14.4 Å². The Bertz CT molecular complexity index is 277. The number of likely N-dealkylation sites (tertiary alicyclic amines) is 1. The fraction of sp³-hybridized carbons (Fsp3) is 0.625. The molecule has 1 unspecified atom stereocenters. The topological polar surface area (TPSA) is 94.9 Å². The Morgan fingerprint density at radius 2 is 2.07 bits per heavy atom. The second kappa shape index (κ2) is 3.65. The molecule has 0 aliphatic carbocycles. The highest BCUT2D eigenvalue weighted by molar-refractivity contribution is 5.87. The Morgan fingerprint density at radius 1 is 1.43 bits per heavy atom. The van der Waals surface area contributed by atoms with Crippen LogP contribution in [0, 0.1) is 0 Å². The van der Waals surface area contributed by atoms with E-state index in [1.807, 2.05) is 0 Å². The lowest BCUT2D eigenvalue weighted by Crippen LogP contribution is -2.52. The number of rotatable bonds is 3. The molecular weight excluding hydrogens is 190 g/mol. The van der Waals surface area contributed by atoms with Crippen molar-refractivity contribution < 1.29 is 24.6 Å². The number of aldehydes is 1. The minimum Gasteiger partial charge on any atom is -0.479 e. The molecule has 6 nitrogen and oxygen atoms in total. The van der Waals surface area contributed by atoms with Gasteiger partial charge >= 0.3 is 12.1 Å². The quantitative estimate of drug-likeness (QED) is 0.635. The highest BCUT2D eigenvalue weighted by Gasteiger charge is 2.49. The van der Waals surface area contributed by atoms with Gasteiger partial charge in [0, 0.05) is 13.0 Å². The Kier molecular flexibility index (Phi) is 2.73. The Hall–Kier alpha value is -1.59. The summed E-state index contributed by atoms with van der Waals surface area (Å²) in [5.74, 6) is -1.25. The molecule has 78 valence electrons. The molecule has 1 atom stereocenters. The molecule has 0 aromatic heterocycles. The van der Waals surface area contributed by atoms with Crippen molar-refractivity contribution in [3.63, 3.8) is 0 Å². The maximum absolute atomic E-state index is 11.0. The summed E-state index contributed by atoms with van der Waals surface area (Å²) in [6, 6.07) is 0. The number of carbonyl (C=O) groups excluding carboxylic acids is 1. The van der Waals surface area contributed by atoms with Gasteiger partial charge in [0.15, 0.2) is 0 Å². The first-order valence-electron chi connectivity index (χ1n) is 4.22. The van der Waals surface area contributed by atoms with E-state index >= 15 is 0 Å². The van der Waals surface area contributed by atoms with E-state index in [4.69, 9.17) is 10.2 Å². The number of aliphatic carboxylic acids is 1. The normalized spacial score (nSPS) is 26.1. The molecule has 0 bridgehead atoms. The van der Waals surface area contributed by atoms with Crippen LogP contribution in [0.5, 0.6) is 0 Å². The summed E-state index contributed by atoms with van der Waals surface area (Å²) in [6.45, 7) is 0.176. The average molecular weight is 201 g/mol. The maximum Gasteiger partial charge on any atom is 0.408 e. The van der Waals surface area contributed by atoms with Crippen LogP contribution in [0.1, 0.15) is 19.3 Å². The number of hydrogen-bond acceptors (Lipinski definition) is 3. The fourth-order valence-corrected chi connectivity index (χ4v) is 1.82. The molecule has 1 heterocycles. The highest BCUT2D eigenvalue weighted by atomic mass is 16.4. The summed E-state index contributed by atoms with van der Waals surface area (Å²) < 4.78 is 0. The molecule has 14 heavy (non-hydrogen) atoms. The van der Waals surface area contributed by atoms with Crippen LogP contribution in [0.3, 0.4) is 0 Å². The zero-order valence-electron chi connectivity index (χ0n) is 7.47. The number of carbonyl (C=O) groups is 3. The monoisotopic (exact) mass is 201 g/mol. The summed E-state index contributed by atoms with van der Waals surface area (Å²) >= 11 is 0. The third-order valence-electron chi connectivity index (χ3n) is 2.54. The average Bonchev–Trinajstić information content (AvgIpc) is 2.50. The van der Waals surface area contributed by atoms with Crippen molar-refractivity contribution in [1.29, 1.82) is 0 Å². The zero-order chi connectivity index (χ0) is 10.8. The molecule has 2 N–H and O–H groups in total. The molecule has 1 amide bonds. The number of hydrogen-bond donors (Lipinski definition) is 2. The smallest absolute Gasteiger partial charge is 0.408 e. The van der Waals surface area contributed by atoms with Crippen LogP contribution in [-0.2, 0) is 9.59 Å². The largest absolute Gasteiger partial charge is 0.479 e. The summed E-state index contributed by atoms with van der Waals surface area (Å²) in [6.07, 6.45) is -0.434. The van der Waals surface area contributed by atoms with Crippen molar-refractivity contribution in [2.24, 2.45) is 0 Å². The van der Waals surface area contributed by atoms with Crippen LogP contribution in [0.15, 0.2) is 0 Å². The van der Waals surface area contributed by atoms with E-state index in [1.165, 1.54) is 0 Å². The Morgan fingerprint density at radius 3 is 2.50 bits per heavy atom. The molecule has 1 aliphatic rings. The van der Waals surface area contributed by atoms with E-state index in [0.29, 0.717) is 12.7 Å². The third kappa shape index (κ3) is 1.43. The van der Waals surface area contributed by atoms with Gasteiger partial charge in [-0.2, -0.15) is 0 Å². The van der Waals surface area contributed by atoms with E-state index in [1.54, 1.807) is 0 Å². The van der Waals surface area contributed by atoms with Crippen molar-refractivity contribution >= 4 is 18.3 Å². The maximum atomic E-state index is 11.0. The van der Waals surface area contributed by atoms with E-state index < -0.39 is 17.6 Å². The minimum atomic E-state index is -1.53. The first-order valence-corrected chi connectivity index (χ1v) is 4.22. The van der Waals surface area contributed by atoms with Crippen LogP contribution in [0.25, 0.3) is 0 Å².